The molecule has 0 aliphatic rings. The van der Waals surface area contributed by atoms with Crippen LogP contribution in [0.2, 0.25) is 0 Å². The molecular weight excluding hydrogens is 318 g/mol. The fourth-order valence-corrected chi connectivity index (χ4v) is 2.98. The van der Waals surface area contributed by atoms with Gasteiger partial charge in [-0.1, -0.05) is 0 Å². The van der Waals surface area contributed by atoms with E-state index in [-0.39, 0.29) is 23.6 Å². The summed E-state index contributed by atoms with van der Waals surface area (Å²) in [6, 6.07) is 5.88. The second-order valence-corrected chi connectivity index (χ2v) is 5.99. The predicted octanol–water partition coefficient (Wildman–Crippen LogP) is 2.58. The second kappa shape index (κ2) is 7.15. The lowest BCUT2D eigenvalue weighted by atomic mass is 10.1. The highest BCUT2D eigenvalue weighted by atomic mass is 32.1. The van der Waals surface area contributed by atoms with Crippen LogP contribution in [0, 0.1) is 0 Å². The number of rotatable bonds is 6. The number of carbonyl (C=O) groups excluding carboxylic acids is 1. The van der Waals surface area contributed by atoms with Gasteiger partial charge in [-0.2, -0.15) is 0 Å². The van der Waals surface area contributed by atoms with Crippen molar-refractivity contribution in [3.05, 3.63) is 45.6 Å². The number of carboxylic acids is 1. The average Bonchev–Trinajstić information content (AvgIpc) is 2.96. The molecule has 0 fully saturated rings. The molecule has 122 valence electrons. The molecule has 0 radical (unpaired) electrons. The summed E-state index contributed by atoms with van der Waals surface area (Å²) >= 11 is 1.23. The van der Waals surface area contributed by atoms with Gasteiger partial charge in [-0.3, -0.25) is 4.79 Å². The maximum Gasteiger partial charge on any atom is 0.336 e. The van der Waals surface area contributed by atoms with Crippen LogP contribution in [0.15, 0.2) is 29.6 Å². The van der Waals surface area contributed by atoms with E-state index >= 15 is 0 Å². The van der Waals surface area contributed by atoms with Gasteiger partial charge in [-0.25, -0.2) is 4.79 Å². The maximum atomic E-state index is 12.1. The lowest BCUT2D eigenvalue weighted by molar-refractivity contribution is -0.121. The molecule has 1 amide bonds. The van der Waals surface area contributed by atoms with Gasteiger partial charge < -0.3 is 20.3 Å². The molecule has 0 saturated heterocycles. The van der Waals surface area contributed by atoms with E-state index < -0.39 is 12.0 Å². The van der Waals surface area contributed by atoms with Crippen molar-refractivity contribution in [2.75, 3.05) is 7.11 Å². The predicted molar refractivity (Wildman–Crippen MR) is 86.2 cm³/mol. The molecular formula is C16H17NO5S. The number of amides is 1. The monoisotopic (exact) mass is 335 g/mol. The smallest absolute Gasteiger partial charge is 0.336 e. The standard InChI is InChI=1S/C16H17NO5S/c1-9(13-6-11(22-2)3-4-14(13)18)17-15(19)7-12-5-10(8-23-12)16(20)21/h3-6,8-9,18H,7H2,1-2H3,(H,17,19)(H,20,21). The average molecular weight is 335 g/mol. The molecule has 1 aromatic heterocycles. The van der Waals surface area contributed by atoms with Gasteiger partial charge in [0.15, 0.2) is 0 Å². The SMILES string of the molecule is COc1ccc(O)c(C(C)NC(=O)Cc2cc(C(=O)O)cs2)c1. The Hall–Kier alpha value is -2.54. The third-order valence-corrected chi connectivity index (χ3v) is 4.25. The van der Waals surface area contributed by atoms with E-state index in [1.807, 2.05) is 0 Å². The summed E-state index contributed by atoms with van der Waals surface area (Å²) < 4.78 is 5.11. The molecule has 2 aromatic rings. The van der Waals surface area contributed by atoms with E-state index in [1.54, 1.807) is 19.1 Å². The van der Waals surface area contributed by atoms with Gasteiger partial charge in [0.2, 0.25) is 5.91 Å². The molecule has 0 spiro atoms. The van der Waals surface area contributed by atoms with Crippen LogP contribution in [-0.4, -0.2) is 29.2 Å². The van der Waals surface area contributed by atoms with Crippen LogP contribution in [0.5, 0.6) is 11.5 Å². The first-order valence-electron chi connectivity index (χ1n) is 6.87. The zero-order valence-electron chi connectivity index (χ0n) is 12.7. The van der Waals surface area contributed by atoms with Gasteiger partial charge >= 0.3 is 5.97 Å². The Labute approximate surface area is 137 Å². The van der Waals surface area contributed by atoms with Crippen molar-refractivity contribution in [1.29, 1.82) is 0 Å². The third kappa shape index (κ3) is 4.23. The zero-order valence-corrected chi connectivity index (χ0v) is 13.5. The third-order valence-electron chi connectivity index (χ3n) is 3.31. The maximum absolute atomic E-state index is 12.1. The van der Waals surface area contributed by atoms with E-state index in [0.717, 1.165) is 0 Å². The number of hydrogen-bond donors (Lipinski definition) is 3. The van der Waals surface area contributed by atoms with Crippen LogP contribution >= 0.6 is 11.3 Å². The van der Waals surface area contributed by atoms with Gasteiger partial charge in [0.05, 0.1) is 25.1 Å². The van der Waals surface area contributed by atoms with Gasteiger partial charge in [-0.05, 0) is 31.2 Å². The van der Waals surface area contributed by atoms with Crippen molar-refractivity contribution >= 4 is 23.2 Å². The van der Waals surface area contributed by atoms with Gasteiger partial charge in [0.25, 0.3) is 0 Å². The Bertz CT molecular complexity index is 725. The van der Waals surface area contributed by atoms with Gasteiger partial charge in [0, 0.05) is 15.8 Å². The molecule has 0 aliphatic heterocycles. The molecule has 0 saturated carbocycles. The molecule has 1 unspecified atom stereocenters. The summed E-state index contributed by atoms with van der Waals surface area (Å²) in [6.07, 6.45) is 0.0903. The number of aromatic carboxylic acids is 1. The highest BCUT2D eigenvalue weighted by Crippen LogP contribution is 2.28. The topological polar surface area (TPSA) is 95.9 Å². The molecule has 0 aliphatic carbocycles. The summed E-state index contributed by atoms with van der Waals surface area (Å²) in [6.45, 7) is 1.75. The quantitative estimate of drug-likeness (QED) is 0.754. The minimum absolute atomic E-state index is 0.0721. The molecule has 23 heavy (non-hydrogen) atoms. The highest BCUT2D eigenvalue weighted by molar-refractivity contribution is 7.10. The van der Waals surface area contributed by atoms with Crippen LogP contribution in [0.4, 0.5) is 0 Å². The Balaban J connectivity index is 2.03. The number of thiophene rings is 1. The van der Waals surface area contributed by atoms with E-state index in [1.165, 1.54) is 36.0 Å². The summed E-state index contributed by atoms with van der Waals surface area (Å²) in [5.74, 6) is -0.604. The molecule has 0 bridgehead atoms. The molecule has 1 heterocycles. The van der Waals surface area contributed by atoms with Crippen LogP contribution in [0.3, 0.4) is 0 Å². The zero-order chi connectivity index (χ0) is 17.0. The first-order valence-corrected chi connectivity index (χ1v) is 7.75. The number of hydrogen-bond acceptors (Lipinski definition) is 5. The number of phenolic OH excluding ortho intramolecular Hbond substituents is 1. The molecule has 3 N–H and O–H groups in total. The number of ether oxygens (including phenoxy) is 1. The molecule has 1 atom stereocenters. The number of methoxy groups -OCH3 is 1. The van der Waals surface area contributed by atoms with Crippen LogP contribution < -0.4 is 10.1 Å². The Morgan fingerprint density at radius 2 is 2.09 bits per heavy atom. The summed E-state index contributed by atoms with van der Waals surface area (Å²) in [5, 5.41) is 23.1. The number of phenols is 1. The molecule has 7 heteroatoms. The Morgan fingerprint density at radius 3 is 2.70 bits per heavy atom. The number of nitrogens with one attached hydrogen (secondary N) is 1. The van der Waals surface area contributed by atoms with Crippen molar-refractivity contribution in [2.24, 2.45) is 0 Å². The number of benzene rings is 1. The van der Waals surface area contributed by atoms with Gasteiger partial charge in [-0.15, -0.1) is 11.3 Å². The largest absolute Gasteiger partial charge is 0.508 e. The number of carboxylic acid groups (broad SMARTS) is 1. The Kier molecular flexibility index (Phi) is 5.23. The fraction of sp³-hybridized carbons (Fsp3) is 0.250. The first-order chi connectivity index (χ1) is 10.9. The summed E-state index contributed by atoms with van der Waals surface area (Å²) in [7, 11) is 1.52. The Morgan fingerprint density at radius 1 is 1.35 bits per heavy atom. The first kappa shape index (κ1) is 16.8. The van der Waals surface area contributed by atoms with Crippen LogP contribution in [-0.2, 0) is 11.2 Å². The highest BCUT2D eigenvalue weighted by Gasteiger charge is 2.16. The number of carbonyl (C=O) groups is 2. The minimum Gasteiger partial charge on any atom is -0.508 e. The van der Waals surface area contributed by atoms with E-state index in [0.29, 0.717) is 16.2 Å². The summed E-state index contributed by atoms with van der Waals surface area (Å²) in [4.78, 5) is 23.6. The van der Waals surface area contributed by atoms with Crippen molar-refractivity contribution in [3.8, 4) is 11.5 Å². The minimum atomic E-state index is -1.01. The fourth-order valence-electron chi connectivity index (χ4n) is 2.12. The van der Waals surface area contributed by atoms with Crippen LogP contribution in [0.1, 0.15) is 33.8 Å². The normalized spacial score (nSPS) is 11.7. The van der Waals surface area contributed by atoms with E-state index in [9.17, 15) is 14.7 Å². The van der Waals surface area contributed by atoms with Crippen molar-refractivity contribution in [1.82, 2.24) is 5.32 Å². The van der Waals surface area contributed by atoms with Crippen molar-refractivity contribution < 1.29 is 24.5 Å². The lowest BCUT2D eigenvalue weighted by Gasteiger charge is -2.16. The molecule has 1 aromatic carbocycles. The molecule has 6 nitrogen and oxygen atoms in total. The number of aromatic hydroxyl groups is 1. The van der Waals surface area contributed by atoms with E-state index in [2.05, 4.69) is 5.32 Å². The van der Waals surface area contributed by atoms with E-state index in [4.69, 9.17) is 9.84 Å². The lowest BCUT2D eigenvalue weighted by Crippen LogP contribution is -2.27. The van der Waals surface area contributed by atoms with Crippen molar-refractivity contribution in [3.63, 3.8) is 0 Å². The van der Waals surface area contributed by atoms with Crippen LogP contribution in [0.25, 0.3) is 0 Å². The van der Waals surface area contributed by atoms with Crippen molar-refractivity contribution in [2.45, 2.75) is 19.4 Å². The van der Waals surface area contributed by atoms with Gasteiger partial charge in [0.1, 0.15) is 11.5 Å². The summed E-state index contributed by atoms with van der Waals surface area (Å²) in [5.41, 5.74) is 0.728. The second-order valence-electron chi connectivity index (χ2n) is 5.00. The molecule has 2 rings (SSSR count).